The number of aromatic nitrogens is 1. The Morgan fingerprint density at radius 2 is 1.97 bits per heavy atom. The molecular formula is C18H26Cl4N6O2S. The zero-order valence-corrected chi connectivity index (χ0v) is 20.7. The number of thioether (sulfide) groups is 1. The number of carbonyl (C=O) groups is 2. The van der Waals surface area contributed by atoms with Crippen LogP contribution in [0.3, 0.4) is 0 Å². The molecule has 3 heterocycles. The van der Waals surface area contributed by atoms with Gasteiger partial charge in [0, 0.05) is 31.1 Å². The Balaban J connectivity index is 0.00000300. The number of likely N-dealkylation sites (tertiary alicyclic amines) is 1. The first-order valence-corrected chi connectivity index (χ1v) is 10.7. The maximum atomic E-state index is 12.3. The molecule has 0 aromatic carbocycles. The number of pyridine rings is 1. The molecule has 8 nitrogen and oxygen atoms in total. The van der Waals surface area contributed by atoms with Crippen molar-refractivity contribution >= 4 is 72.3 Å². The number of rotatable bonds is 7. The molecule has 1 amide bonds. The van der Waals surface area contributed by atoms with Crippen LogP contribution >= 0.6 is 60.6 Å². The number of hydrazine groups is 1. The summed E-state index contributed by atoms with van der Waals surface area (Å²) in [5.41, 5.74) is 6.62. The van der Waals surface area contributed by atoms with Gasteiger partial charge in [-0.2, -0.15) is 5.26 Å². The highest BCUT2D eigenvalue weighted by molar-refractivity contribution is 7.99. The minimum atomic E-state index is -0.324. The summed E-state index contributed by atoms with van der Waals surface area (Å²) in [6, 6.07) is 5.40. The van der Waals surface area contributed by atoms with E-state index in [1.54, 1.807) is 28.8 Å². The van der Waals surface area contributed by atoms with E-state index in [0.717, 1.165) is 25.9 Å². The van der Waals surface area contributed by atoms with Gasteiger partial charge in [-0.05, 0) is 25.0 Å². The maximum Gasteiger partial charge on any atom is 0.239 e. The zero-order chi connectivity index (χ0) is 19.9. The van der Waals surface area contributed by atoms with E-state index >= 15 is 0 Å². The van der Waals surface area contributed by atoms with Crippen molar-refractivity contribution in [1.82, 2.24) is 25.6 Å². The van der Waals surface area contributed by atoms with Gasteiger partial charge in [-0.15, -0.1) is 49.0 Å². The van der Waals surface area contributed by atoms with Crippen LogP contribution in [0.25, 0.3) is 0 Å². The number of nitrogens with one attached hydrogen (secondary N) is 2. The van der Waals surface area contributed by atoms with Crippen molar-refractivity contribution in [2.75, 3.05) is 37.8 Å². The number of Topliss-reactive ketones (excluding diaryl/α,β-unsaturated/α-hetero) is 1. The highest BCUT2D eigenvalue weighted by atomic mass is 35.5. The molecule has 1 aromatic rings. The standard InChI is InChI=1S/C18H23ClN6O2S.3ClH/c19-13-1-2-16(21-8-13)17(26)10-24-5-3-14(4-6-24)23-22-9-18(27)25-12-28-11-15(25)7-20;;;/h1-2,8,14-15,22-23H,3-6,9-12H2;3*1H. The molecule has 2 N–H and O–H groups in total. The lowest BCUT2D eigenvalue weighted by molar-refractivity contribution is -0.130. The molecule has 13 heteroatoms. The molecular weight excluding hydrogens is 506 g/mol. The van der Waals surface area contributed by atoms with Crippen molar-refractivity contribution in [2.45, 2.75) is 24.9 Å². The van der Waals surface area contributed by atoms with Crippen molar-refractivity contribution in [2.24, 2.45) is 0 Å². The van der Waals surface area contributed by atoms with Crippen molar-refractivity contribution in [3.63, 3.8) is 0 Å². The number of piperidine rings is 1. The first-order valence-electron chi connectivity index (χ1n) is 9.19. The van der Waals surface area contributed by atoms with Gasteiger partial charge in [0.15, 0.2) is 5.78 Å². The second-order valence-electron chi connectivity index (χ2n) is 6.84. The average molecular weight is 532 g/mol. The van der Waals surface area contributed by atoms with Crippen LogP contribution < -0.4 is 10.9 Å². The third kappa shape index (κ3) is 8.91. The number of halogens is 4. The zero-order valence-electron chi connectivity index (χ0n) is 16.7. The molecule has 1 unspecified atom stereocenters. The molecule has 3 rings (SSSR count). The van der Waals surface area contributed by atoms with E-state index in [9.17, 15) is 9.59 Å². The number of ketones is 1. The molecule has 2 fully saturated rings. The van der Waals surface area contributed by atoms with Gasteiger partial charge in [0.25, 0.3) is 0 Å². The van der Waals surface area contributed by atoms with Crippen LogP contribution in [-0.2, 0) is 4.79 Å². The fraction of sp³-hybridized carbons (Fsp3) is 0.556. The summed E-state index contributed by atoms with van der Waals surface area (Å²) in [5, 5.41) is 9.57. The Hall–Kier alpha value is -0.830. The van der Waals surface area contributed by atoms with Crippen LogP contribution in [0.1, 0.15) is 23.3 Å². The second kappa shape index (κ2) is 15.1. The molecule has 2 aliphatic heterocycles. The van der Waals surface area contributed by atoms with Crippen molar-refractivity contribution in [3.8, 4) is 6.07 Å². The average Bonchev–Trinajstić information content (AvgIpc) is 3.18. The van der Waals surface area contributed by atoms with Gasteiger partial charge in [0.2, 0.25) is 5.91 Å². The third-order valence-corrected chi connectivity index (χ3v) is 6.10. The molecule has 2 aliphatic rings. The van der Waals surface area contributed by atoms with Crippen LogP contribution in [0.15, 0.2) is 18.3 Å². The SMILES string of the molecule is Cl.Cl.Cl.N#CC1CSCN1C(=O)CNNC1CCN(CC(=O)c2ccc(Cl)cn2)CC1. The number of nitrogens with zero attached hydrogens (tertiary/aromatic N) is 4. The van der Waals surface area contributed by atoms with Crippen LogP contribution in [0, 0.1) is 11.3 Å². The molecule has 0 saturated carbocycles. The van der Waals surface area contributed by atoms with Gasteiger partial charge in [-0.25, -0.2) is 5.43 Å². The van der Waals surface area contributed by atoms with Gasteiger partial charge >= 0.3 is 0 Å². The molecule has 174 valence electrons. The molecule has 2 saturated heterocycles. The number of hydrogen-bond acceptors (Lipinski definition) is 8. The third-order valence-electron chi connectivity index (χ3n) is 4.87. The Labute approximate surface area is 210 Å². The summed E-state index contributed by atoms with van der Waals surface area (Å²) >= 11 is 7.40. The van der Waals surface area contributed by atoms with Crippen LogP contribution in [0.5, 0.6) is 0 Å². The van der Waals surface area contributed by atoms with Gasteiger partial charge in [-0.1, -0.05) is 11.6 Å². The molecule has 1 aromatic heterocycles. The first-order chi connectivity index (χ1) is 13.6. The number of hydrogen-bond donors (Lipinski definition) is 2. The smallest absolute Gasteiger partial charge is 0.239 e. The molecule has 0 aliphatic carbocycles. The van der Waals surface area contributed by atoms with E-state index in [-0.39, 0.29) is 67.5 Å². The number of amides is 1. The van der Waals surface area contributed by atoms with E-state index in [1.165, 1.54) is 6.20 Å². The largest absolute Gasteiger partial charge is 0.315 e. The Morgan fingerprint density at radius 1 is 1.26 bits per heavy atom. The predicted molar refractivity (Wildman–Crippen MR) is 129 cm³/mol. The second-order valence-corrected chi connectivity index (χ2v) is 8.28. The summed E-state index contributed by atoms with van der Waals surface area (Å²) in [6.07, 6.45) is 3.24. The van der Waals surface area contributed by atoms with Gasteiger partial charge in [-0.3, -0.25) is 24.9 Å². The Kier molecular flexibility index (Phi) is 14.7. The van der Waals surface area contributed by atoms with E-state index < -0.39 is 0 Å². The molecule has 0 radical (unpaired) electrons. The van der Waals surface area contributed by atoms with Gasteiger partial charge in [0.05, 0.1) is 30.1 Å². The summed E-state index contributed by atoms with van der Waals surface area (Å²) < 4.78 is 0. The molecule has 0 bridgehead atoms. The predicted octanol–water partition coefficient (Wildman–Crippen LogP) is 2.17. The van der Waals surface area contributed by atoms with Crippen molar-refractivity contribution in [3.05, 3.63) is 29.0 Å². The fourth-order valence-corrected chi connectivity index (χ4v) is 4.44. The van der Waals surface area contributed by atoms with E-state index in [2.05, 4.69) is 26.8 Å². The molecule has 1 atom stereocenters. The quantitative estimate of drug-likeness (QED) is 0.407. The van der Waals surface area contributed by atoms with E-state index in [4.69, 9.17) is 16.9 Å². The van der Waals surface area contributed by atoms with Crippen LogP contribution in [0.2, 0.25) is 5.02 Å². The lowest BCUT2D eigenvalue weighted by atomic mass is 10.1. The number of nitriles is 1. The van der Waals surface area contributed by atoms with Crippen LogP contribution in [-0.4, -0.2) is 76.4 Å². The molecule has 31 heavy (non-hydrogen) atoms. The van der Waals surface area contributed by atoms with Gasteiger partial charge < -0.3 is 4.90 Å². The van der Waals surface area contributed by atoms with Crippen molar-refractivity contribution in [1.29, 1.82) is 5.26 Å². The highest BCUT2D eigenvalue weighted by Crippen LogP contribution is 2.20. The maximum absolute atomic E-state index is 12.3. The lowest BCUT2D eigenvalue weighted by Crippen LogP contribution is -2.51. The summed E-state index contributed by atoms with van der Waals surface area (Å²) in [4.78, 5) is 32.3. The van der Waals surface area contributed by atoms with E-state index in [1.807, 2.05) is 0 Å². The minimum absolute atomic E-state index is 0. The fourth-order valence-electron chi connectivity index (χ4n) is 3.23. The molecule has 0 spiro atoms. The van der Waals surface area contributed by atoms with Crippen molar-refractivity contribution < 1.29 is 9.59 Å². The first kappa shape index (κ1) is 30.2. The monoisotopic (exact) mass is 530 g/mol. The normalized spacial score (nSPS) is 18.8. The Bertz CT molecular complexity index is 744. The minimum Gasteiger partial charge on any atom is -0.315 e. The number of carbonyl (C=O) groups excluding carboxylic acids is 2. The van der Waals surface area contributed by atoms with E-state index in [0.29, 0.717) is 28.9 Å². The Morgan fingerprint density at radius 3 is 2.58 bits per heavy atom. The van der Waals surface area contributed by atoms with Gasteiger partial charge in [0.1, 0.15) is 11.7 Å². The lowest BCUT2D eigenvalue weighted by Gasteiger charge is -2.32. The summed E-state index contributed by atoms with van der Waals surface area (Å²) in [7, 11) is 0. The topological polar surface area (TPSA) is 101 Å². The highest BCUT2D eigenvalue weighted by Gasteiger charge is 2.29. The summed E-state index contributed by atoms with van der Waals surface area (Å²) in [6.45, 7) is 2.10. The summed E-state index contributed by atoms with van der Waals surface area (Å²) in [5.74, 6) is 1.18. The van der Waals surface area contributed by atoms with Crippen LogP contribution in [0.4, 0.5) is 0 Å².